The van der Waals surface area contributed by atoms with E-state index in [-0.39, 0.29) is 0 Å². The highest BCUT2D eigenvalue weighted by Crippen LogP contribution is 2.38. The van der Waals surface area contributed by atoms with Gasteiger partial charge in [0.1, 0.15) is 0 Å². The second kappa shape index (κ2) is 8.70. The summed E-state index contributed by atoms with van der Waals surface area (Å²) >= 11 is 21.6. The van der Waals surface area contributed by atoms with E-state index in [1.54, 1.807) is 0 Å². The quantitative estimate of drug-likeness (QED) is 0.237. The fourth-order valence-corrected chi connectivity index (χ4v) is 6.48. The molecule has 0 saturated heterocycles. The lowest BCUT2D eigenvalue weighted by Crippen LogP contribution is -2.05. The Morgan fingerprint density at radius 1 is 0.360 bits per heavy atom. The molecule has 0 bridgehead atoms. The Balaban J connectivity index is 2.27. The monoisotopic (exact) mass is 711 g/mol. The van der Waals surface area contributed by atoms with Crippen LogP contribution in [0.1, 0.15) is 16.7 Å². The second-order valence-corrected chi connectivity index (χ2v) is 10.8. The smallest absolute Gasteiger partial charge is 0.0508 e. The zero-order valence-electron chi connectivity index (χ0n) is 12.5. The Bertz CT molecular complexity index is 752. The molecule has 0 fully saturated rings. The molecule has 0 N–H and O–H groups in total. The first kappa shape index (κ1) is 20.3. The molecule has 0 aliphatic heterocycles. The van der Waals surface area contributed by atoms with Gasteiger partial charge in [0.25, 0.3) is 0 Å². The SMILES string of the molecule is Brc1cc(Br)cc([C](c2cc(Br)cc(Br)c2)c2cc(Br)cc(Br)c2)c1. The van der Waals surface area contributed by atoms with Crippen molar-refractivity contribution in [3.05, 3.63) is 104 Å². The van der Waals surface area contributed by atoms with Gasteiger partial charge in [0, 0.05) is 26.8 Å². The highest BCUT2D eigenvalue weighted by molar-refractivity contribution is 9.11. The summed E-state index contributed by atoms with van der Waals surface area (Å²) in [5.74, 6) is 1.14. The summed E-state index contributed by atoms with van der Waals surface area (Å²) in [6.45, 7) is 0. The van der Waals surface area contributed by atoms with Crippen LogP contribution in [0.4, 0.5) is 0 Å². The van der Waals surface area contributed by atoms with Crippen molar-refractivity contribution < 1.29 is 0 Å². The molecule has 6 heteroatoms. The van der Waals surface area contributed by atoms with Gasteiger partial charge in [-0.25, -0.2) is 0 Å². The Labute approximate surface area is 197 Å². The van der Waals surface area contributed by atoms with Crippen LogP contribution in [0.15, 0.2) is 81.4 Å². The summed E-state index contributed by atoms with van der Waals surface area (Å²) in [5, 5.41) is 0. The van der Waals surface area contributed by atoms with E-state index < -0.39 is 0 Å². The van der Waals surface area contributed by atoms with Crippen LogP contribution in [0, 0.1) is 5.92 Å². The van der Waals surface area contributed by atoms with Gasteiger partial charge >= 0.3 is 0 Å². The Kier molecular flexibility index (Phi) is 7.06. The fourth-order valence-electron chi connectivity index (χ4n) is 2.59. The van der Waals surface area contributed by atoms with Crippen molar-refractivity contribution in [1.29, 1.82) is 0 Å². The Morgan fingerprint density at radius 2 is 0.560 bits per heavy atom. The minimum absolute atomic E-state index is 1.03. The third-order valence-corrected chi connectivity index (χ3v) is 6.20. The highest BCUT2D eigenvalue weighted by atomic mass is 79.9. The standard InChI is InChI=1S/C19H9Br6/c20-13-1-10(2-14(21)7-13)19(11-3-15(22)8-16(23)4-11)12-5-17(24)9-18(25)6-12/h1-9H. The minimum Gasteiger partial charge on any atom is -0.0508 e. The van der Waals surface area contributed by atoms with Gasteiger partial charge in [-0.1, -0.05) is 95.6 Å². The lowest BCUT2D eigenvalue weighted by Gasteiger charge is -2.20. The predicted molar refractivity (Wildman–Crippen MR) is 126 cm³/mol. The van der Waals surface area contributed by atoms with E-state index in [1.165, 1.54) is 0 Å². The third kappa shape index (κ3) is 5.29. The van der Waals surface area contributed by atoms with Crippen molar-refractivity contribution in [2.45, 2.75) is 0 Å². The number of benzene rings is 3. The minimum atomic E-state index is 1.03. The third-order valence-electron chi connectivity index (χ3n) is 3.45. The fraction of sp³-hybridized carbons (Fsp3) is 0. The van der Waals surface area contributed by atoms with E-state index >= 15 is 0 Å². The Morgan fingerprint density at radius 3 is 0.760 bits per heavy atom. The molecule has 0 aliphatic carbocycles. The summed E-state index contributed by atoms with van der Waals surface area (Å²) in [6.07, 6.45) is 0. The van der Waals surface area contributed by atoms with Gasteiger partial charge in [-0.2, -0.15) is 0 Å². The first-order valence-corrected chi connectivity index (χ1v) is 11.8. The number of halogens is 6. The number of rotatable bonds is 3. The van der Waals surface area contributed by atoms with Gasteiger partial charge in [0.2, 0.25) is 0 Å². The zero-order chi connectivity index (χ0) is 18.1. The molecule has 3 rings (SSSR count). The van der Waals surface area contributed by atoms with Crippen LogP contribution in [-0.2, 0) is 0 Å². The molecule has 0 unspecified atom stereocenters. The van der Waals surface area contributed by atoms with Gasteiger partial charge < -0.3 is 0 Å². The summed E-state index contributed by atoms with van der Waals surface area (Å²) < 4.78 is 6.15. The van der Waals surface area contributed by atoms with Crippen LogP contribution < -0.4 is 0 Å². The lowest BCUT2D eigenvalue weighted by molar-refractivity contribution is 1.21. The summed E-state index contributed by atoms with van der Waals surface area (Å²) in [7, 11) is 0. The van der Waals surface area contributed by atoms with E-state index in [9.17, 15) is 0 Å². The van der Waals surface area contributed by atoms with Crippen LogP contribution in [0.2, 0.25) is 0 Å². The van der Waals surface area contributed by atoms with Crippen molar-refractivity contribution >= 4 is 95.6 Å². The van der Waals surface area contributed by atoms with Crippen LogP contribution in [0.3, 0.4) is 0 Å². The summed E-state index contributed by atoms with van der Waals surface area (Å²) in [4.78, 5) is 0. The van der Waals surface area contributed by atoms with Crippen molar-refractivity contribution in [2.24, 2.45) is 0 Å². The van der Waals surface area contributed by atoms with E-state index in [0.717, 1.165) is 49.4 Å². The molecule has 0 saturated carbocycles. The highest BCUT2D eigenvalue weighted by Gasteiger charge is 2.21. The van der Waals surface area contributed by atoms with Crippen LogP contribution in [-0.4, -0.2) is 0 Å². The van der Waals surface area contributed by atoms with Crippen molar-refractivity contribution in [2.75, 3.05) is 0 Å². The molecule has 0 aromatic heterocycles. The summed E-state index contributed by atoms with van der Waals surface area (Å²) in [6, 6.07) is 18.9. The van der Waals surface area contributed by atoms with Gasteiger partial charge in [-0.05, 0) is 71.3 Å². The number of hydrogen-bond acceptors (Lipinski definition) is 0. The molecule has 127 valence electrons. The van der Waals surface area contributed by atoms with Gasteiger partial charge in [0.15, 0.2) is 0 Å². The predicted octanol–water partition coefficient (Wildman–Crippen LogP) is 9.28. The molecule has 3 aromatic rings. The van der Waals surface area contributed by atoms with E-state index in [4.69, 9.17) is 0 Å². The molecule has 0 nitrogen and oxygen atoms in total. The molecule has 3 aromatic carbocycles. The first-order valence-electron chi connectivity index (χ1n) is 7.08. The molecular formula is C19H9Br6. The molecule has 25 heavy (non-hydrogen) atoms. The maximum Gasteiger partial charge on any atom is 0.0631 e. The average Bonchev–Trinajstić information content (AvgIpc) is 2.44. The summed E-state index contributed by atoms with van der Waals surface area (Å²) in [5.41, 5.74) is 3.36. The van der Waals surface area contributed by atoms with E-state index in [2.05, 4.69) is 132 Å². The van der Waals surface area contributed by atoms with Crippen molar-refractivity contribution in [3.63, 3.8) is 0 Å². The van der Waals surface area contributed by atoms with Gasteiger partial charge in [-0.3, -0.25) is 0 Å². The van der Waals surface area contributed by atoms with Gasteiger partial charge in [0.05, 0.1) is 5.92 Å². The molecule has 0 heterocycles. The number of hydrogen-bond donors (Lipinski definition) is 0. The van der Waals surface area contributed by atoms with Crippen LogP contribution >= 0.6 is 95.6 Å². The maximum absolute atomic E-state index is 3.60. The maximum atomic E-state index is 3.60. The van der Waals surface area contributed by atoms with Crippen LogP contribution in [0.25, 0.3) is 0 Å². The molecule has 0 atom stereocenters. The molecule has 0 aliphatic rings. The lowest BCUT2D eigenvalue weighted by atomic mass is 9.85. The first-order chi connectivity index (χ1) is 11.8. The molecule has 0 amide bonds. The Hall–Kier alpha value is 0.540. The average molecular weight is 717 g/mol. The normalized spacial score (nSPS) is 11.2. The topological polar surface area (TPSA) is 0 Å². The van der Waals surface area contributed by atoms with Crippen molar-refractivity contribution in [3.8, 4) is 0 Å². The van der Waals surface area contributed by atoms with Crippen LogP contribution in [0.5, 0.6) is 0 Å². The van der Waals surface area contributed by atoms with Crippen molar-refractivity contribution in [1.82, 2.24) is 0 Å². The largest absolute Gasteiger partial charge is 0.0631 e. The molecule has 1 radical (unpaired) electrons. The second-order valence-electron chi connectivity index (χ2n) is 5.35. The van der Waals surface area contributed by atoms with E-state index in [0.29, 0.717) is 0 Å². The molecule has 0 spiro atoms. The zero-order valence-corrected chi connectivity index (χ0v) is 22.0. The molecular weight excluding hydrogens is 708 g/mol. The van der Waals surface area contributed by atoms with Gasteiger partial charge in [-0.15, -0.1) is 0 Å². The van der Waals surface area contributed by atoms with E-state index in [1.807, 2.05) is 18.2 Å².